The van der Waals surface area contributed by atoms with Gasteiger partial charge in [0, 0.05) is 24.1 Å². The molecule has 1 aromatic heterocycles. The Balaban J connectivity index is 2.01. The van der Waals surface area contributed by atoms with Gasteiger partial charge < -0.3 is 9.73 Å². The van der Waals surface area contributed by atoms with Crippen LogP contribution in [0, 0.1) is 0 Å². The summed E-state index contributed by atoms with van der Waals surface area (Å²) in [5.41, 5.74) is 1.69. The van der Waals surface area contributed by atoms with Gasteiger partial charge in [-0.2, -0.15) is 11.8 Å². The zero-order valence-electron chi connectivity index (χ0n) is 8.21. The van der Waals surface area contributed by atoms with Gasteiger partial charge in [-0.05, 0) is 30.4 Å². The monoisotopic (exact) mass is 209 g/mol. The molecule has 0 aromatic carbocycles. The highest BCUT2D eigenvalue weighted by Crippen LogP contribution is 2.39. The molecule has 2 aliphatic heterocycles. The van der Waals surface area contributed by atoms with Crippen molar-refractivity contribution in [2.24, 2.45) is 0 Å². The number of thioether (sulfide) groups is 1. The molecule has 3 heterocycles. The van der Waals surface area contributed by atoms with Gasteiger partial charge in [0.15, 0.2) is 0 Å². The van der Waals surface area contributed by atoms with E-state index in [0.717, 1.165) is 13.0 Å². The van der Waals surface area contributed by atoms with E-state index in [1.54, 1.807) is 0 Å². The minimum Gasteiger partial charge on any atom is -0.469 e. The Labute approximate surface area is 88.4 Å². The second-order valence-corrected chi connectivity index (χ2v) is 5.35. The zero-order chi connectivity index (χ0) is 9.43. The van der Waals surface area contributed by atoms with E-state index in [1.165, 1.54) is 35.7 Å². The molecule has 76 valence electrons. The van der Waals surface area contributed by atoms with Crippen LogP contribution >= 0.6 is 11.8 Å². The smallest absolute Gasteiger partial charge is 0.110 e. The lowest BCUT2D eigenvalue weighted by Gasteiger charge is -2.40. The van der Waals surface area contributed by atoms with Crippen molar-refractivity contribution in [1.82, 2.24) is 5.32 Å². The maximum absolute atomic E-state index is 5.54. The van der Waals surface area contributed by atoms with Crippen LogP contribution in [0.2, 0.25) is 0 Å². The van der Waals surface area contributed by atoms with Crippen molar-refractivity contribution in [3.63, 3.8) is 0 Å². The molecule has 0 amide bonds. The largest absolute Gasteiger partial charge is 0.469 e. The molecule has 0 bridgehead atoms. The van der Waals surface area contributed by atoms with Gasteiger partial charge in [-0.1, -0.05) is 0 Å². The van der Waals surface area contributed by atoms with Crippen LogP contribution in [0.5, 0.6) is 0 Å². The van der Waals surface area contributed by atoms with Gasteiger partial charge in [0.1, 0.15) is 5.76 Å². The number of furan rings is 1. The summed E-state index contributed by atoms with van der Waals surface area (Å²) < 4.78 is 5.54. The van der Waals surface area contributed by atoms with Crippen LogP contribution in [0.25, 0.3) is 0 Å². The van der Waals surface area contributed by atoms with Crippen molar-refractivity contribution in [2.45, 2.75) is 24.8 Å². The molecule has 3 rings (SSSR count). The topological polar surface area (TPSA) is 25.2 Å². The van der Waals surface area contributed by atoms with Crippen LogP contribution in [-0.4, -0.2) is 18.1 Å². The van der Waals surface area contributed by atoms with E-state index >= 15 is 0 Å². The highest BCUT2D eigenvalue weighted by Gasteiger charge is 2.38. The van der Waals surface area contributed by atoms with E-state index < -0.39 is 0 Å². The van der Waals surface area contributed by atoms with Gasteiger partial charge in [0.05, 0.1) is 6.26 Å². The minimum atomic E-state index is 0.256. The highest BCUT2D eigenvalue weighted by molar-refractivity contribution is 7.99. The lowest BCUT2D eigenvalue weighted by atomic mass is 9.81. The quantitative estimate of drug-likeness (QED) is 0.708. The Hall–Kier alpha value is -0.410. The van der Waals surface area contributed by atoms with E-state index in [9.17, 15) is 0 Å². The first-order valence-electron chi connectivity index (χ1n) is 5.30. The summed E-state index contributed by atoms with van der Waals surface area (Å²) in [6, 6.07) is 2.16. The molecule has 0 atom stereocenters. The molecule has 0 unspecified atom stereocenters. The molecule has 0 saturated carbocycles. The summed E-state index contributed by atoms with van der Waals surface area (Å²) in [5, 5.41) is 3.70. The number of fused-ring (bicyclic) bond motifs is 2. The molecule has 3 heteroatoms. The molecule has 1 N–H and O–H groups in total. The van der Waals surface area contributed by atoms with Crippen molar-refractivity contribution in [1.29, 1.82) is 0 Å². The summed E-state index contributed by atoms with van der Waals surface area (Å²) in [6.45, 7) is 1.07. The fourth-order valence-corrected chi connectivity index (χ4v) is 3.83. The minimum absolute atomic E-state index is 0.256. The summed E-state index contributed by atoms with van der Waals surface area (Å²) >= 11 is 2.07. The van der Waals surface area contributed by atoms with Crippen molar-refractivity contribution >= 4 is 11.8 Å². The standard InChI is InChI=1S/C11H15NOS/c1-5-12-11(3-7-14-8-4-11)9-2-6-13-10(1)9/h2,6,12H,1,3-5,7-8H2. The maximum Gasteiger partial charge on any atom is 0.110 e. The van der Waals surface area contributed by atoms with Crippen LogP contribution in [0.1, 0.15) is 24.2 Å². The molecular weight excluding hydrogens is 194 g/mol. The van der Waals surface area contributed by atoms with Gasteiger partial charge in [-0.25, -0.2) is 0 Å². The van der Waals surface area contributed by atoms with Crippen molar-refractivity contribution in [3.05, 3.63) is 23.7 Å². The van der Waals surface area contributed by atoms with Crippen LogP contribution < -0.4 is 5.32 Å². The average Bonchev–Trinajstić information content (AvgIpc) is 2.69. The van der Waals surface area contributed by atoms with Gasteiger partial charge in [0.25, 0.3) is 0 Å². The van der Waals surface area contributed by atoms with Gasteiger partial charge in [-0.3, -0.25) is 0 Å². The van der Waals surface area contributed by atoms with Gasteiger partial charge in [0.2, 0.25) is 0 Å². The SMILES string of the molecule is c1cc2c(o1)CCNC21CCSCC1. The Kier molecular flexibility index (Phi) is 2.10. The molecule has 2 aliphatic rings. The third kappa shape index (κ3) is 1.22. The van der Waals surface area contributed by atoms with Crippen LogP contribution in [0.3, 0.4) is 0 Å². The third-order valence-corrected chi connectivity index (χ3v) is 4.41. The normalized spacial score (nSPS) is 24.9. The van der Waals surface area contributed by atoms with E-state index in [4.69, 9.17) is 4.42 Å². The number of hydrogen-bond acceptors (Lipinski definition) is 3. The highest BCUT2D eigenvalue weighted by atomic mass is 32.2. The first-order valence-corrected chi connectivity index (χ1v) is 6.46. The fraction of sp³-hybridized carbons (Fsp3) is 0.636. The summed E-state index contributed by atoms with van der Waals surface area (Å²) in [4.78, 5) is 0. The predicted molar refractivity (Wildman–Crippen MR) is 58.7 cm³/mol. The van der Waals surface area contributed by atoms with Crippen LogP contribution in [0.4, 0.5) is 0 Å². The average molecular weight is 209 g/mol. The van der Waals surface area contributed by atoms with E-state index in [2.05, 4.69) is 23.1 Å². The van der Waals surface area contributed by atoms with Crippen molar-refractivity contribution < 1.29 is 4.42 Å². The van der Waals surface area contributed by atoms with Crippen LogP contribution in [-0.2, 0) is 12.0 Å². The van der Waals surface area contributed by atoms with Crippen molar-refractivity contribution in [2.75, 3.05) is 18.1 Å². The van der Waals surface area contributed by atoms with E-state index in [0.29, 0.717) is 0 Å². The fourth-order valence-electron chi connectivity index (χ4n) is 2.64. The Bertz CT molecular complexity index is 328. The molecular formula is C11H15NOS. The molecule has 1 aromatic rings. The first-order chi connectivity index (χ1) is 6.91. The molecule has 2 nitrogen and oxygen atoms in total. The predicted octanol–water partition coefficient (Wildman–Crippen LogP) is 2.15. The lowest BCUT2D eigenvalue weighted by molar-refractivity contribution is 0.278. The summed E-state index contributed by atoms with van der Waals surface area (Å²) in [7, 11) is 0. The molecule has 1 saturated heterocycles. The summed E-state index contributed by atoms with van der Waals surface area (Å²) in [6.07, 6.45) is 5.41. The van der Waals surface area contributed by atoms with E-state index in [1.807, 2.05) is 6.26 Å². The lowest BCUT2D eigenvalue weighted by Crippen LogP contribution is -2.49. The number of hydrogen-bond donors (Lipinski definition) is 1. The summed E-state index contributed by atoms with van der Waals surface area (Å²) in [5.74, 6) is 3.77. The molecule has 14 heavy (non-hydrogen) atoms. The maximum atomic E-state index is 5.54. The van der Waals surface area contributed by atoms with Gasteiger partial charge >= 0.3 is 0 Å². The third-order valence-electron chi connectivity index (χ3n) is 3.42. The molecule has 0 aliphatic carbocycles. The Morgan fingerprint density at radius 2 is 2.21 bits per heavy atom. The number of nitrogens with one attached hydrogen (secondary N) is 1. The van der Waals surface area contributed by atoms with E-state index in [-0.39, 0.29) is 5.54 Å². The Morgan fingerprint density at radius 1 is 1.36 bits per heavy atom. The first kappa shape index (κ1) is 8.86. The van der Waals surface area contributed by atoms with Crippen LogP contribution in [0.15, 0.2) is 16.7 Å². The second-order valence-electron chi connectivity index (χ2n) is 4.13. The Morgan fingerprint density at radius 3 is 3.07 bits per heavy atom. The zero-order valence-corrected chi connectivity index (χ0v) is 9.03. The molecule has 1 spiro atoms. The number of rotatable bonds is 0. The second kappa shape index (κ2) is 3.31. The van der Waals surface area contributed by atoms with Gasteiger partial charge in [-0.15, -0.1) is 0 Å². The van der Waals surface area contributed by atoms with Crippen molar-refractivity contribution in [3.8, 4) is 0 Å². The molecule has 1 fully saturated rings. The molecule has 0 radical (unpaired) electrons.